The first-order valence-electron chi connectivity index (χ1n) is 12.2. The highest BCUT2D eigenvalue weighted by molar-refractivity contribution is 6.31. The zero-order valence-corrected chi connectivity index (χ0v) is 22.0. The van der Waals surface area contributed by atoms with Crippen LogP contribution in [0.2, 0.25) is 5.02 Å². The molecule has 38 heavy (non-hydrogen) atoms. The van der Waals surface area contributed by atoms with Crippen molar-refractivity contribution in [3.8, 4) is 11.9 Å². The van der Waals surface area contributed by atoms with Gasteiger partial charge in [-0.2, -0.15) is 4.98 Å². The predicted molar refractivity (Wildman–Crippen MR) is 145 cm³/mol. The maximum Gasteiger partial charge on any atom is 0.348 e. The molecule has 0 radical (unpaired) electrons. The Morgan fingerprint density at radius 2 is 1.55 bits per heavy atom. The van der Waals surface area contributed by atoms with E-state index in [1.165, 1.54) is 7.11 Å². The summed E-state index contributed by atoms with van der Waals surface area (Å²) >= 11 is 6.34. The van der Waals surface area contributed by atoms with Crippen LogP contribution in [0, 0.1) is 6.92 Å². The Kier molecular flexibility index (Phi) is 8.94. The van der Waals surface area contributed by atoms with E-state index < -0.39 is 17.7 Å². The van der Waals surface area contributed by atoms with Crippen LogP contribution < -0.4 is 9.47 Å². The van der Waals surface area contributed by atoms with Crippen LogP contribution in [-0.2, 0) is 21.6 Å². The van der Waals surface area contributed by atoms with Crippen LogP contribution in [0.4, 0.5) is 0 Å². The van der Waals surface area contributed by atoms with Crippen molar-refractivity contribution in [1.82, 2.24) is 9.97 Å². The van der Waals surface area contributed by atoms with E-state index in [0.717, 1.165) is 5.56 Å². The Bertz CT molecular complexity index is 1310. The molecule has 7 nitrogen and oxygen atoms in total. The van der Waals surface area contributed by atoms with Crippen LogP contribution in [0.3, 0.4) is 0 Å². The van der Waals surface area contributed by atoms with E-state index in [1.54, 1.807) is 13.0 Å². The van der Waals surface area contributed by atoms with Crippen LogP contribution in [-0.4, -0.2) is 40.9 Å². The summed E-state index contributed by atoms with van der Waals surface area (Å²) < 4.78 is 17.9. The maximum atomic E-state index is 12.9. The van der Waals surface area contributed by atoms with E-state index in [4.69, 9.17) is 25.8 Å². The van der Waals surface area contributed by atoms with Gasteiger partial charge in [-0.3, -0.25) is 0 Å². The topological polar surface area (TPSA) is 90.8 Å². The van der Waals surface area contributed by atoms with Gasteiger partial charge < -0.3 is 19.3 Å². The average molecular weight is 533 g/mol. The second-order valence-electron chi connectivity index (χ2n) is 8.68. The molecular formula is C30H29ClN2O5. The van der Waals surface area contributed by atoms with Gasteiger partial charge in [0.15, 0.2) is 5.60 Å². The number of aromatic nitrogens is 2. The molecule has 0 aliphatic carbocycles. The lowest BCUT2D eigenvalue weighted by molar-refractivity contribution is -0.164. The molecular weight excluding hydrogens is 504 g/mol. The Balaban J connectivity index is 1.77. The minimum atomic E-state index is -1.53. The van der Waals surface area contributed by atoms with E-state index in [0.29, 0.717) is 34.7 Å². The molecule has 0 bridgehead atoms. The molecule has 4 rings (SSSR count). The van der Waals surface area contributed by atoms with Gasteiger partial charge in [-0.1, -0.05) is 90.5 Å². The van der Waals surface area contributed by atoms with Crippen molar-refractivity contribution in [1.29, 1.82) is 0 Å². The number of carbonyl (C=O) groups is 1. The van der Waals surface area contributed by atoms with Gasteiger partial charge in [0, 0.05) is 23.4 Å². The molecule has 0 aliphatic rings. The van der Waals surface area contributed by atoms with Crippen molar-refractivity contribution < 1.29 is 24.1 Å². The molecule has 1 aromatic heterocycles. The highest BCUT2D eigenvalue weighted by Crippen LogP contribution is 2.39. The van der Waals surface area contributed by atoms with E-state index in [1.807, 2.05) is 84.9 Å². The molecule has 0 aliphatic heterocycles. The number of aryl methyl sites for hydroxylation is 2. The summed E-state index contributed by atoms with van der Waals surface area (Å²) in [5.74, 6) is -0.963. The highest BCUT2D eigenvalue weighted by Gasteiger charge is 2.50. The Labute approximate surface area is 227 Å². The first-order chi connectivity index (χ1) is 18.4. The van der Waals surface area contributed by atoms with E-state index in [2.05, 4.69) is 9.97 Å². The predicted octanol–water partition coefficient (Wildman–Crippen LogP) is 5.87. The third-order valence-corrected chi connectivity index (χ3v) is 6.49. The third kappa shape index (κ3) is 6.13. The summed E-state index contributed by atoms with van der Waals surface area (Å²) in [5.41, 5.74) is 1.29. The lowest BCUT2D eigenvalue weighted by Crippen LogP contribution is -2.51. The van der Waals surface area contributed by atoms with E-state index >= 15 is 0 Å². The Morgan fingerprint density at radius 1 is 0.947 bits per heavy atom. The number of carboxylic acid groups (broad SMARTS) is 1. The molecule has 1 heterocycles. The van der Waals surface area contributed by atoms with Crippen LogP contribution in [0.15, 0.2) is 91.0 Å². The molecule has 0 saturated heterocycles. The summed E-state index contributed by atoms with van der Waals surface area (Å²) in [6.45, 7) is 1.99. The number of nitrogens with zero attached hydrogens (tertiary/aromatic N) is 2. The minimum absolute atomic E-state index is 0.120. The second kappa shape index (κ2) is 12.5. The zero-order valence-electron chi connectivity index (χ0n) is 21.2. The number of hydrogen-bond donors (Lipinski definition) is 1. The Morgan fingerprint density at radius 3 is 2.13 bits per heavy atom. The van der Waals surface area contributed by atoms with Gasteiger partial charge in [-0.15, -0.1) is 0 Å². The van der Waals surface area contributed by atoms with Gasteiger partial charge in [0.1, 0.15) is 0 Å². The average Bonchev–Trinajstić information content (AvgIpc) is 2.94. The molecule has 0 fully saturated rings. The molecule has 0 saturated carbocycles. The fraction of sp³-hybridized carbons (Fsp3) is 0.233. The highest BCUT2D eigenvalue weighted by atomic mass is 35.5. The van der Waals surface area contributed by atoms with E-state index in [9.17, 15) is 9.90 Å². The molecule has 8 heteroatoms. The Hall–Kier alpha value is -3.94. The van der Waals surface area contributed by atoms with Crippen molar-refractivity contribution in [3.05, 3.63) is 118 Å². The lowest BCUT2D eigenvalue weighted by atomic mass is 9.81. The minimum Gasteiger partial charge on any atom is -0.481 e. The quantitative estimate of drug-likeness (QED) is 0.228. The van der Waals surface area contributed by atoms with Gasteiger partial charge in [0.05, 0.1) is 7.11 Å². The number of halogens is 1. The van der Waals surface area contributed by atoms with E-state index in [-0.39, 0.29) is 18.5 Å². The second-order valence-corrected chi connectivity index (χ2v) is 9.09. The van der Waals surface area contributed by atoms with Gasteiger partial charge in [0.25, 0.3) is 0 Å². The summed E-state index contributed by atoms with van der Waals surface area (Å²) in [6, 6.07) is 27.6. The SMILES string of the molecule is COc1cc(C)nc(OC(C(=O)O)C(OCCCc2ccccc2Cl)(c2ccccc2)c2ccccc2)n1. The fourth-order valence-corrected chi connectivity index (χ4v) is 4.59. The number of methoxy groups -OCH3 is 1. The summed E-state index contributed by atoms with van der Waals surface area (Å²) in [5, 5.41) is 11.2. The zero-order chi connectivity index (χ0) is 27.0. The maximum absolute atomic E-state index is 12.9. The van der Waals surface area contributed by atoms with Crippen LogP contribution >= 0.6 is 11.6 Å². The molecule has 0 spiro atoms. The van der Waals surface area contributed by atoms with Crippen LogP contribution in [0.25, 0.3) is 0 Å². The van der Waals surface area contributed by atoms with Crippen molar-refractivity contribution in [2.24, 2.45) is 0 Å². The smallest absolute Gasteiger partial charge is 0.348 e. The van der Waals surface area contributed by atoms with Crippen LogP contribution in [0.5, 0.6) is 11.9 Å². The van der Waals surface area contributed by atoms with Crippen molar-refractivity contribution in [2.45, 2.75) is 31.5 Å². The van der Waals surface area contributed by atoms with Gasteiger partial charge in [-0.05, 0) is 42.5 Å². The molecule has 1 atom stereocenters. The summed E-state index contributed by atoms with van der Waals surface area (Å²) in [4.78, 5) is 21.5. The molecule has 3 aromatic carbocycles. The molecule has 1 N–H and O–H groups in total. The number of aliphatic carboxylic acids is 1. The molecule has 4 aromatic rings. The van der Waals surface area contributed by atoms with Crippen LogP contribution in [0.1, 0.15) is 28.8 Å². The molecule has 196 valence electrons. The molecule has 0 amide bonds. The number of benzene rings is 3. The largest absolute Gasteiger partial charge is 0.481 e. The monoisotopic (exact) mass is 532 g/mol. The first-order valence-corrected chi connectivity index (χ1v) is 12.6. The fourth-order valence-electron chi connectivity index (χ4n) is 4.36. The van der Waals surface area contributed by atoms with Crippen molar-refractivity contribution in [3.63, 3.8) is 0 Å². The number of ether oxygens (including phenoxy) is 3. The van der Waals surface area contributed by atoms with Crippen molar-refractivity contribution in [2.75, 3.05) is 13.7 Å². The number of rotatable bonds is 12. The number of hydrogen-bond acceptors (Lipinski definition) is 6. The third-order valence-electron chi connectivity index (χ3n) is 6.12. The van der Waals surface area contributed by atoms with Crippen molar-refractivity contribution >= 4 is 17.6 Å². The first kappa shape index (κ1) is 27.1. The summed E-state index contributed by atoms with van der Waals surface area (Å²) in [6.07, 6.45) is -0.262. The van der Waals surface area contributed by atoms with Gasteiger partial charge in [0.2, 0.25) is 12.0 Å². The summed E-state index contributed by atoms with van der Waals surface area (Å²) in [7, 11) is 1.47. The van der Waals surface area contributed by atoms with Gasteiger partial charge in [-0.25, -0.2) is 9.78 Å². The number of carboxylic acids is 1. The molecule has 1 unspecified atom stereocenters. The van der Waals surface area contributed by atoms with Gasteiger partial charge >= 0.3 is 12.0 Å². The normalized spacial score (nSPS) is 12.1. The lowest BCUT2D eigenvalue weighted by Gasteiger charge is -2.39. The standard InChI is InChI=1S/C30H29ClN2O5/c1-21-20-26(36-2)33-29(32-21)38-27(28(34)35)30(23-14-5-3-6-15-23,24-16-7-4-8-17-24)37-19-11-13-22-12-9-10-18-25(22)31/h3-10,12,14-18,20,27H,11,13,19H2,1-2H3,(H,34,35).